The van der Waals surface area contributed by atoms with Gasteiger partial charge in [0.1, 0.15) is 11.5 Å². The normalized spacial score (nSPS) is 15.4. The second kappa shape index (κ2) is 8.43. The summed E-state index contributed by atoms with van der Waals surface area (Å²) in [5.41, 5.74) is 0.484. The molecule has 1 aliphatic rings. The number of hydrogen-bond donors (Lipinski definition) is 0. The minimum absolute atomic E-state index is 0.0324. The fraction of sp³-hybridized carbons (Fsp3) is 0.600. The zero-order valence-corrected chi connectivity index (χ0v) is 16.5. The van der Waals surface area contributed by atoms with E-state index >= 15 is 0 Å². The molecule has 1 aromatic carbocycles. The summed E-state index contributed by atoms with van der Waals surface area (Å²) in [6.45, 7) is 8.62. The Morgan fingerprint density at radius 1 is 1.00 bits per heavy atom. The van der Waals surface area contributed by atoms with Crippen molar-refractivity contribution < 1.29 is 19.1 Å². The molecule has 0 spiro atoms. The first-order chi connectivity index (χ1) is 12.2. The van der Waals surface area contributed by atoms with Crippen LogP contribution in [0.3, 0.4) is 0 Å². The molecule has 2 amide bonds. The van der Waals surface area contributed by atoms with Crippen LogP contribution in [0.2, 0.25) is 0 Å². The van der Waals surface area contributed by atoms with Gasteiger partial charge < -0.3 is 19.3 Å². The largest absolute Gasteiger partial charge is 0.497 e. The van der Waals surface area contributed by atoms with E-state index in [0.717, 1.165) is 6.42 Å². The smallest absolute Gasteiger partial charge is 0.257 e. The fourth-order valence-corrected chi connectivity index (χ4v) is 3.08. The van der Waals surface area contributed by atoms with E-state index in [0.29, 0.717) is 49.7 Å². The lowest BCUT2D eigenvalue weighted by atomic mass is 9.91. The van der Waals surface area contributed by atoms with E-state index in [-0.39, 0.29) is 17.2 Å². The Balaban J connectivity index is 2.07. The molecule has 26 heavy (non-hydrogen) atoms. The molecule has 0 N–H and O–H groups in total. The molecular formula is C20H30N2O4. The highest BCUT2D eigenvalue weighted by molar-refractivity contribution is 5.97. The van der Waals surface area contributed by atoms with Gasteiger partial charge in [-0.25, -0.2) is 0 Å². The molecule has 0 saturated carbocycles. The average Bonchev–Trinajstić information content (AvgIpc) is 2.85. The Morgan fingerprint density at radius 3 is 2.27 bits per heavy atom. The highest BCUT2D eigenvalue weighted by Gasteiger charge is 2.26. The number of amides is 2. The minimum atomic E-state index is -0.0744. The first-order valence-corrected chi connectivity index (χ1v) is 9.04. The molecule has 2 rings (SSSR count). The van der Waals surface area contributed by atoms with Crippen molar-refractivity contribution >= 4 is 11.8 Å². The summed E-state index contributed by atoms with van der Waals surface area (Å²) in [5.74, 6) is 1.23. The molecule has 6 nitrogen and oxygen atoms in total. The van der Waals surface area contributed by atoms with E-state index in [2.05, 4.69) is 20.8 Å². The molecule has 1 fully saturated rings. The van der Waals surface area contributed by atoms with Crippen LogP contribution in [0.4, 0.5) is 0 Å². The molecule has 0 radical (unpaired) electrons. The van der Waals surface area contributed by atoms with Gasteiger partial charge in [-0.2, -0.15) is 0 Å². The lowest BCUT2D eigenvalue weighted by Gasteiger charge is -2.26. The van der Waals surface area contributed by atoms with Gasteiger partial charge in [0.25, 0.3) is 5.91 Å². The van der Waals surface area contributed by atoms with Gasteiger partial charge in [0.2, 0.25) is 5.91 Å². The minimum Gasteiger partial charge on any atom is -0.497 e. The molecule has 0 atom stereocenters. The van der Waals surface area contributed by atoms with Crippen LogP contribution in [0.25, 0.3) is 0 Å². The number of nitrogens with zero attached hydrogens (tertiary/aromatic N) is 2. The number of rotatable bonds is 4. The topological polar surface area (TPSA) is 59.1 Å². The summed E-state index contributed by atoms with van der Waals surface area (Å²) in [4.78, 5) is 29.1. The molecule has 0 aliphatic carbocycles. The first kappa shape index (κ1) is 20.1. The van der Waals surface area contributed by atoms with Gasteiger partial charge in [0.15, 0.2) is 0 Å². The van der Waals surface area contributed by atoms with E-state index < -0.39 is 0 Å². The van der Waals surface area contributed by atoms with Gasteiger partial charge in [-0.05, 0) is 24.0 Å². The Labute approximate surface area is 156 Å². The SMILES string of the molecule is COc1ccc(C(=O)N2CCCN(C(=O)CC(C)(C)C)CC2)c(OC)c1. The van der Waals surface area contributed by atoms with Crippen LogP contribution in [0, 0.1) is 5.41 Å². The highest BCUT2D eigenvalue weighted by Crippen LogP contribution is 2.26. The quantitative estimate of drug-likeness (QED) is 0.826. The van der Waals surface area contributed by atoms with Crippen molar-refractivity contribution in [3.63, 3.8) is 0 Å². The standard InChI is InChI=1S/C20H30N2O4/c1-20(2,3)14-18(23)21-9-6-10-22(12-11-21)19(24)16-8-7-15(25-4)13-17(16)26-5/h7-8,13H,6,9-12,14H2,1-5H3. The predicted octanol–water partition coefficient (Wildman–Crippen LogP) is 2.81. The van der Waals surface area contributed by atoms with Gasteiger partial charge in [-0.1, -0.05) is 20.8 Å². The second-order valence-corrected chi connectivity index (χ2v) is 7.83. The van der Waals surface area contributed by atoms with Crippen LogP contribution in [-0.4, -0.2) is 62.0 Å². The zero-order chi connectivity index (χ0) is 19.3. The number of benzene rings is 1. The van der Waals surface area contributed by atoms with E-state index in [1.165, 1.54) is 0 Å². The number of hydrogen-bond acceptors (Lipinski definition) is 4. The third-order valence-corrected chi connectivity index (χ3v) is 4.46. The summed E-state index contributed by atoms with van der Waals surface area (Å²) in [6.07, 6.45) is 1.30. The number of ether oxygens (including phenoxy) is 2. The molecule has 144 valence electrons. The number of carbonyl (C=O) groups excluding carboxylic acids is 2. The molecule has 1 saturated heterocycles. The van der Waals surface area contributed by atoms with Crippen molar-refractivity contribution in [3.05, 3.63) is 23.8 Å². The van der Waals surface area contributed by atoms with Crippen molar-refractivity contribution in [2.24, 2.45) is 5.41 Å². The molecule has 1 aromatic rings. The third-order valence-electron chi connectivity index (χ3n) is 4.46. The molecule has 1 aliphatic heterocycles. The van der Waals surface area contributed by atoms with Crippen molar-refractivity contribution in [1.82, 2.24) is 9.80 Å². The molecular weight excluding hydrogens is 332 g/mol. The highest BCUT2D eigenvalue weighted by atomic mass is 16.5. The van der Waals surface area contributed by atoms with Crippen molar-refractivity contribution in [1.29, 1.82) is 0 Å². The van der Waals surface area contributed by atoms with Gasteiger partial charge in [0, 0.05) is 38.7 Å². The molecule has 0 unspecified atom stereocenters. The van der Waals surface area contributed by atoms with Crippen LogP contribution in [0.1, 0.15) is 44.0 Å². The van der Waals surface area contributed by atoms with Gasteiger partial charge >= 0.3 is 0 Å². The summed E-state index contributed by atoms with van der Waals surface area (Å²) >= 11 is 0. The Hall–Kier alpha value is -2.24. The Morgan fingerprint density at radius 2 is 1.65 bits per heavy atom. The van der Waals surface area contributed by atoms with Crippen LogP contribution >= 0.6 is 0 Å². The number of methoxy groups -OCH3 is 2. The van der Waals surface area contributed by atoms with Crippen molar-refractivity contribution in [2.75, 3.05) is 40.4 Å². The fourth-order valence-electron chi connectivity index (χ4n) is 3.08. The zero-order valence-electron chi connectivity index (χ0n) is 16.5. The Bertz CT molecular complexity index is 652. The van der Waals surface area contributed by atoms with Gasteiger partial charge in [0.05, 0.1) is 19.8 Å². The molecule has 1 heterocycles. The van der Waals surface area contributed by atoms with Crippen LogP contribution in [0.5, 0.6) is 11.5 Å². The molecule has 0 bridgehead atoms. The Kier molecular flexibility index (Phi) is 6.51. The predicted molar refractivity (Wildman–Crippen MR) is 101 cm³/mol. The third kappa shape index (κ3) is 5.13. The van der Waals surface area contributed by atoms with Crippen LogP contribution in [0.15, 0.2) is 18.2 Å². The van der Waals surface area contributed by atoms with Gasteiger partial charge in [-0.15, -0.1) is 0 Å². The van der Waals surface area contributed by atoms with E-state index in [1.54, 1.807) is 37.3 Å². The maximum Gasteiger partial charge on any atom is 0.257 e. The van der Waals surface area contributed by atoms with Crippen molar-refractivity contribution in [2.45, 2.75) is 33.6 Å². The van der Waals surface area contributed by atoms with Crippen LogP contribution < -0.4 is 9.47 Å². The van der Waals surface area contributed by atoms with E-state index in [4.69, 9.17) is 9.47 Å². The molecule has 0 aromatic heterocycles. The monoisotopic (exact) mass is 362 g/mol. The molecule has 6 heteroatoms. The lowest BCUT2D eigenvalue weighted by molar-refractivity contribution is -0.132. The first-order valence-electron chi connectivity index (χ1n) is 9.04. The summed E-state index contributed by atoms with van der Waals surface area (Å²) in [5, 5.41) is 0. The van der Waals surface area contributed by atoms with Crippen molar-refractivity contribution in [3.8, 4) is 11.5 Å². The summed E-state index contributed by atoms with van der Waals surface area (Å²) < 4.78 is 10.5. The van der Waals surface area contributed by atoms with Gasteiger partial charge in [-0.3, -0.25) is 9.59 Å². The van der Waals surface area contributed by atoms with E-state index in [1.807, 2.05) is 4.90 Å². The van der Waals surface area contributed by atoms with E-state index in [9.17, 15) is 9.59 Å². The maximum absolute atomic E-state index is 12.9. The lowest BCUT2D eigenvalue weighted by Crippen LogP contribution is -2.38. The number of carbonyl (C=O) groups is 2. The summed E-state index contributed by atoms with van der Waals surface area (Å²) in [6, 6.07) is 5.20. The second-order valence-electron chi connectivity index (χ2n) is 7.83. The average molecular weight is 362 g/mol. The maximum atomic E-state index is 12.9. The summed E-state index contributed by atoms with van der Waals surface area (Å²) in [7, 11) is 3.12. The van der Waals surface area contributed by atoms with Crippen LogP contribution in [-0.2, 0) is 4.79 Å².